The first kappa shape index (κ1) is 24.0. The van der Waals surface area contributed by atoms with Crippen LogP contribution in [0.2, 0.25) is 0 Å². The first-order valence-electron chi connectivity index (χ1n) is 11.6. The molecule has 0 bridgehead atoms. The summed E-state index contributed by atoms with van der Waals surface area (Å²) in [6.07, 6.45) is -2.75. The van der Waals surface area contributed by atoms with E-state index >= 15 is 0 Å². The molecule has 0 unspecified atom stereocenters. The van der Waals surface area contributed by atoms with Crippen LogP contribution in [0.15, 0.2) is 42.6 Å². The Hall–Kier alpha value is -3.75. The summed E-state index contributed by atoms with van der Waals surface area (Å²) in [5, 5.41) is 18.6. The summed E-state index contributed by atoms with van der Waals surface area (Å²) in [5.41, 5.74) is 7.55. The van der Waals surface area contributed by atoms with Gasteiger partial charge >= 0.3 is 6.18 Å². The summed E-state index contributed by atoms with van der Waals surface area (Å²) < 4.78 is 49.9. The quantitative estimate of drug-likeness (QED) is 0.442. The predicted molar refractivity (Wildman–Crippen MR) is 127 cm³/mol. The Labute approximate surface area is 205 Å². The molecule has 2 atom stereocenters. The van der Waals surface area contributed by atoms with E-state index < -0.39 is 12.2 Å². The number of hydrogen-bond donors (Lipinski definition) is 1. The highest BCUT2D eigenvalue weighted by atomic mass is 19.4. The molecule has 11 heteroatoms. The predicted octanol–water partition coefficient (Wildman–Crippen LogP) is 4.24. The third-order valence-corrected chi connectivity index (χ3v) is 6.19. The van der Waals surface area contributed by atoms with Crippen LogP contribution in [-0.2, 0) is 0 Å². The number of hydrogen-bond acceptors (Lipinski definition) is 7. The average molecular weight is 496 g/mol. The maximum absolute atomic E-state index is 14.2. The van der Waals surface area contributed by atoms with Crippen LogP contribution in [0.1, 0.15) is 37.4 Å². The van der Waals surface area contributed by atoms with E-state index in [1.54, 1.807) is 24.3 Å². The minimum atomic E-state index is -4.48. The molecule has 4 heterocycles. The molecule has 186 valence electrons. The standard InChI is InChI=1S/C25H24F3N7O/c1-14(2)36-22-16(11-29)4-3-15-5-7-19(31-21(15)22)24-33-32-20-8-6-17(12-35(20)24)23(25(26,27)28)34-10-9-18(30)13-34/h3-8,12,14,18,23H,9-10,13,30H2,1-2H3/t18-,23+/m0/s1. The third-order valence-electron chi connectivity index (χ3n) is 6.19. The molecule has 1 fully saturated rings. The first-order chi connectivity index (χ1) is 17.2. The number of alkyl halides is 3. The summed E-state index contributed by atoms with van der Waals surface area (Å²) in [4.78, 5) is 6.06. The number of ether oxygens (including phenoxy) is 1. The molecule has 1 aliphatic rings. The number of benzene rings is 1. The lowest BCUT2D eigenvalue weighted by Gasteiger charge is -2.30. The van der Waals surface area contributed by atoms with E-state index in [1.165, 1.54) is 27.6 Å². The fraction of sp³-hybridized carbons (Fsp3) is 0.360. The molecule has 0 amide bonds. The molecule has 0 saturated carbocycles. The Bertz CT molecular complexity index is 1470. The molecule has 0 aliphatic carbocycles. The maximum Gasteiger partial charge on any atom is 0.408 e. The molecule has 3 aromatic heterocycles. The fourth-order valence-electron chi connectivity index (χ4n) is 4.63. The van der Waals surface area contributed by atoms with E-state index in [1.807, 2.05) is 13.8 Å². The van der Waals surface area contributed by atoms with Gasteiger partial charge in [-0.1, -0.05) is 18.2 Å². The SMILES string of the molecule is CC(C)Oc1c(C#N)ccc2ccc(-c3nnc4ccc([C@@H](N5CC[C@H](N)C5)C(F)(F)F)cn34)nc12. The minimum absolute atomic E-state index is 0.0709. The lowest BCUT2D eigenvalue weighted by molar-refractivity contribution is -0.183. The number of nitrogens with zero attached hydrogens (tertiary/aromatic N) is 6. The second-order valence-electron chi connectivity index (χ2n) is 9.19. The number of pyridine rings is 2. The van der Waals surface area contributed by atoms with E-state index in [9.17, 15) is 18.4 Å². The number of aromatic nitrogens is 4. The lowest BCUT2D eigenvalue weighted by Crippen LogP contribution is -2.38. The Morgan fingerprint density at radius 1 is 1.14 bits per heavy atom. The number of likely N-dealkylation sites (tertiary alicyclic amines) is 1. The second kappa shape index (κ2) is 9.04. The Kier molecular flexibility index (Phi) is 6.02. The molecule has 8 nitrogen and oxygen atoms in total. The zero-order chi connectivity index (χ0) is 25.6. The van der Waals surface area contributed by atoms with Crippen molar-refractivity contribution in [2.45, 2.75) is 44.6 Å². The van der Waals surface area contributed by atoms with E-state index in [2.05, 4.69) is 16.3 Å². The van der Waals surface area contributed by atoms with Gasteiger partial charge < -0.3 is 10.5 Å². The molecule has 1 aliphatic heterocycles. The lowest BCUT2D eigenvalue weighted by atomic mass is 10.1. The van der Waals surface area contributed by atoms with Gasteiger partial charge in [0.15, 0.2) is 17.2 Å². The van der Waals surface area contributed by atoms with Crippen molar-refractivity contribution in [3.63, 3.8) is 0 Å². The molecule has 1 aromatic carbocycles. The molecule has 1 saturated heterocycles. The number of halogens is 3. The van der Waals surface area contributed by atoms with Crippen molar-refractivity contribution in [2.24, 2.45) is 5.73 Å². The van der Waals surface area contributed by atoms with Crippen molar-refractivity contribution in [3.8, 4) is 23.3 Å². The van der Waals surface area contributed by atoms with Crippen LogP contribution in [0.25, 0.3) is 28.1 Å². The molecular weight excluding hydrogens is 471 g/mol. The second-order valence-corrected chi connectivity index (χ2v) is 9.19. The fourth-order valence-corrected chi connectivity index (χ4v) is 4.63. The zero-order valence-electron chi connectivity index (χ0n) is 19.7. The summed E-state index contributed by atoms with van der Waals surface area (Å²) in [6.45, 7) is 4.14. The molecule has 2 N–H and O–H groups in total. The topological polar surface area (TPSA) is 105 Å². The van der Waals surface area contributed by atoms with Crippen molar-refractivity contribution >= 4 is 16.6 Å². The number of fused-ring (bicyclic) bond motifs is 2. The summed E-state index contributed by atoms with van der Waals surface area (Å²) in [6, 6.07) is 9.95. The smallest absolute Gasteiger partial charge is 0.408 e. The van der Waals surface area contributed by atoms with Crippen molar-refractivity contribution in [1.82, 2.24) is 24.5 Å². The molecule has 0 radical (unpaired) electrons. The Morgan fingerprint density at radius 3 is 2.58 bits per heavy atom. The molecule has 36 heavy (non-hydrogen) atoms. The molecule has 0 spiro atoms. The normalized spacial score (nSPS) is 17.7. The van der Waals surface area contributed by atoms with E-state index in [4.69, 9.17) is 15.5 Å². The van der Waals surface area contributed by atoms with Gasteiger partial charge in [0.25, 0.3) is 0 Å². The van der Waals surface area contributed by atoms with Crippen LogP contribution >= 0.6 is 0 Å². The number of rotatable bonds is 5. The van der Waals surface area contributed by atoms with Gasteiger partial charge in [-0.15, -0.1) is 10.2 Å². The van der Waals surface area contributed by atoms with Gasteiger partial charge in [-0.25, -0.2) is 4.98 Å². The van der Waals surface area contributed by atoms with Gasteiger partial charge in [0.2, 0.25) is 0 Å². The summed E-state index contributed by atoms with van der Waals surface area (Å²) in [7, 11) is 0. The van der Waals surface area contributed by atoms with Crippen LogP contribution in [0, 0.1) is 11.3 Å². The van der Waals surface area contributed by atoms with E-state index in [0.717, 1.165) is 5.39 Å². The first-order valence-corrected chi connectivity index (χ1v) is 11.6. The Morgan fingerprint density at radius 2 is 1.92 bits per heavy atom. The van der Waals surface area contributed by atoms with Gasteiger partial charge in [0.05, 0.1) is 11.7 Å². The van der Waals surface area contributed by atoms with Gasteiger partial charge in [-0.2, -0.15) is 18.4 Å². The van der Waals surface area contributed by atoms with Crippen LogP contribution in [0.4, 0.5) is 13.2 Å². The third kappa shape index (κ3) is 4.34. The molecule has 5 rings (SSSR count). The van der Waals surface area contributed by atoms with Crippen LogP contribution < -0.4 is 10.5 Å². The van der Waals surface area contributed by atoms with Crippen molar-refractivity contribution < 1.29 is 17.9 Å². The Balaban J connectivity index is 1.63. The summed E-state index contributed by atoms with van der Waals surface area (Å²) in [5.74, 6) is 0.634. The van der Waals surface area contributed by atoms with Crippen molar-refractivity contribution in [1.29, 1.82) is 5.26 Å². The van der Waals surface area contributed by atoms with Gasteiger partial charge in [-0.05, 0) is 44.0 Å². The highest BCUT2D eigenvalue weighted by Crippen LogP contribution is 2.39. The van der Waals surface area contributed by atoms with E-state index in [0.29, 0.717) is 34.6 Å². The zero-order valence-corrected chi connectivity index (χ0v) is 19.7. The van der Waals surface area contributed by atoms with Crippen molar-refractivity contribution in [3.05, 3.63) is 53.7 Å². The average Bonchev–Trinajstić information content (AvgIpc) is 3.44. The maximum atomic E-state index is 14.2. The van der Waals surface area contributed by atoms with Gasteiger partial charge in [0.1, 0.15) is 23.3 Å². The largest absolute Gasteiger partial charge is 0.487 e. The highest BCUT2D eigenvalue weighted by molar-refractivity contribution is 5.88. The highest BCUT2D eigenvalue weighted by Gasteiger charge is 2.46. The van der Waals surface area contributed by atoms with Crippen LogP contribution in [-0.4, -0.2) is 55.9 Å². The van der Waals surface area contributed by atoms with Crippen LogP contribution in [0.5, 0.6) is 5.75 Å². The van der Waals surface area contributed by atoms with E-state index in [-0.39, 0.29) is 36.6 Å². The molecular formula is C25H24F3N7O. The van der Waals surface area contributed by atoms with Gasteiger partial charge in [0, 0.05) is 30.7 Å². The van der Waals surface area contributed by atoms with Crippen molar-refractivity contribution in [2.75, 3.05) is 13.1 Å². The van der Waals surface area contributed by atoms with Gasteiger partial charge in [-0.3, -0.25) is 9.30 Å². The number of nitrogens with two attached hydrogens (primary N) is 1. The monoisotopic (exact) mass is 495 g/mol. The molecule has 4 aromatic rings. The van der Waals surface area contributed by atoms with Crippen LogP contribution in [0.3, 0.4) is 0 Å². The summed E-state index contributed by atoms with van der Waals surface area (Å²) >= 11 is 0. The minimum Gasteiger partial charge on any atom is -0.487 e. The number of nitriles is 1.